The highest BCUT2D eigenvalue weighted by Gasteiger charge is 1.95. The molecule has 0 aromatic carbocycles. The van der Waals surface area contributed by atoms with Crippen molar-refractivity contribution in [1.29, 1.82) is 0 Å². The van der Waals surface area contributed by atoms with E-state index in [0.29, 0.717) is 0 Å². The van der Waals surface area contributed by atoms with Crippen LogP contribution >= 0.6 is 0 Å². The largest absolute Gasteiger partial charge is 0.334 e. The molecule has 2 nitrogen and oxygen atoms in total. The van der Waals surface area contributed by atoms with Crippen molar-refractivity contribution in [3.8, 4) is 0 Å². The second kappa shape index (κ2) is 1.97. The molecule has 1 heterocycles. The highest BCUT2D eigenvalue weighted by atomic mass is 15.0. The van der Waals surface area contributed by atoms with E-state index in [1.54, 1.807) is 0 Å². The summed E-state index contributed by atoms with van der Waals surface area (Å²) in [5.74, 6) is 0. The Hall–Kier alpha value is -1.05. The van der Waals surface area contributed by atoms with E-state index in [1.165, 1.54) is 5.35 Å². The van der Waals surface area contributed by atoms with Gasteiger partial charge < -0.3 is 4.57 Å². The minimum atomic E-state index is 1.14. The van der Waals surface area contributed by atoms with Gasteiger partial charge in [0.05, 0.1) is 17.0 Å². The van der Waals surface area contributed by atoms with Gasteiger partial charge in [-0.3, -0.25) is 0 Å². The van der Waals surface area contributed by atoms with E-state index < -0.39 is 0 Å². The van der Waals surface area contributed by atoms with Crippen LogP contribution in [0.4, 0.5) is 0 Å². The van der Waals surface area contributed by atoms with Gasteiger partial charge in [0, 0.05) is 7.05 Å². The van der Waals surface area contributed by atoms with E-state index in [1.807, 2.05) is 13.4 Å². The smallest absolute Gasteiger partial charge is 0.0955 e. The van der Waals surface area contributed by atoms with E-state index in [2.05, 4.69) is 21.7 Å². The first-order chi connectivity index (χ1) is 4.88. The molecule has 1 aliphatic carbocycles. The molecule has 0 N–H and O–H groups in total. The topological polar surface area (TPSA) is 17.8 Å². The van der Waals surface area contributed by atoms with Crippen LogP contribution in [0.3, 0.4) is 0 Å². The predicted molar refractivity (Wildman–Crippen MR) is 40.6 cm³/mol. The van der Waals surface area contributed by atoms with Crippen LogP contribution in [0, 0.1) is 0 Å². The van der Waals surface area contributed by atoms with Crippen molar-refractivity contribution < 1.29 is 0 Å². The number of aryl methyl sites for hydroxylation is 1. The zero-order valence-electron chi connectivity index (χ0n) is 6.04. The van der Waals surface area contributed by atoms with Gasteiger partial charge in [0.1, 0.15) is 0 Å². The number of nitrogens with zero attached hydrogens (tertiary/aromatic N) is 2. The second-order valence-electron chi connectivity index (χ2n) is 2.61. The lowest BCUT2D eigenvalue weighted by molar-refractivity contribution is 0.872. The van der Waals surface area contributed by atoms with Crippen LogP contribution in [0.5, 0.6) is 0 Å². The van der Waals surface area contributed by atoms with Crippen LogP contribution in [0.2, 0.25) is 0 Å². The normalized spacial score (nSPS) is 15.3. The molecule has 0 unspecified atom stereocenters. The van der Waals surface area contributed by atoms with Crippen LogP contribution in [-0.2, 0) is 7.05 Å². The summed E-state index contributed by atoms with van der Waals surface area (Å²) in [5.41, 5.74) is 0. The van der Waals surface area contributed by atoms with Crippen molar-refractivity contribution >= 4 is 12.2 Å². The van der Waals surface area contributed by atoms with Crippen molar-refractivity contribution in [1.82, 2.24) is 9.55 Å². The van der Waals surface area contributed by atoms with Gasteiger partial charge in [-0.05, 0) is 12.8 Å². The first-order valence-corrected chi connectivity index (χ1v) is 3.55. The molecule has 52 valence electrons. The SMILES string of the molecule is Cn1cnc2c1=CCCC=2. The summed E-state index contributed by atoms with van der Waals surface area (Å²) in [6.07, 6.45) is 8.59. The van der Waals surface area contributed by atoms with Gasteiger partial charge in [0.25, 0.3) is 0 Å². The molecule has 1 aromatic heterocycles. The predicted octanol–water partition coefficient (Wildman–Crippen LogP) is -0.225. The molecule has 2 rings (SSSR count). The van der Waals surface area contributed by atoms with Crippen molar-refractivity contribution in [2.24, 2.45) is 7.05 Å². The molecule has 1 aliphatic rings. The van der Waals surface area contributed by atoms with Gasteiger partial charge in [0.2, 0.25) is 0 Å². The molecule has 0 aliphatic heterocycles. The highest BCUT2D eigenvalue weighted by molar-refractivity contribution is 5.33. The molecule has 0 bridgehead atoms. The average Bonchev–Trinajstić information content (AvgIpc) is 2.34. The molecule has 0 atom stereocenters. The molecule has 2 heteroatoms. The Balaban J connectivity index is 2.89. The number of aromatic nitrogens is 2. The molecule has 0 saturated heterocycles. The number of hydrogen-bond donors (Lipinski definition) is 0. The Morgan fingerprint density at radius 3 is 3.00 bits per heavy atom. The molecule has 0 saturated carbocycles. The van der Waals surface area contributed by atoms with Crippen molar-refractivity contribution in [3.05, 3.63) is 17.0 Å². The summed E-state index contributed by atoms with van der Waals surface area (Å²) in [4.78, 5) is 4.23. The van der Waals surface area contributed by atoms with Gasteiger partial charge in [-0.2, -0.15) is 0 Å². The maximum Gasteiger partial charge on any atom is 0.0955 e. The van der Waals surface area contributed by atoms with E-state index in [4.69, 9.17) is 0 Å². The van der Waals surface area contributed by atoms with Gasteiger partial charge in [-0.15, -0.1) is 0 Å². The first-order valence-electron chi connectivity index (χ1n) is 3.55. The van der Waals surface area contributed by atoms with E-state index in [0.717, 1.165) is 18.2 Å². The number of hydrogen-bond acceptors (Lipinski definition) is 1. The van der Waals surface area contributed by atoms with Gasteiger partial charge in [-0.25, -0.2) is 4.98 Å². The summed E-state index contributed by atoms with van der Waals surface area (Å²) in [5, 5.41) is 2.42. The summed E-state index contributed by atoms with van der Waals surface area (Å²) in [6, 6.07) is 0. The molecular formula is C8H10N2. The zero-order chi connectivity index (χ0) is 6.97. The molecule has 10 heavy (non-hydrogen) atoms. The number of rotatable bonds is 0. The molecule has 0 spiro atoms. The maximum absolute atomic E-state index is 4.23. The van der Waals surface area contributed by atoms with Crippen molar-refractivity contribution in [2.75, 3.05) is 0 Å². The Kier molecular flexibility index (Phi) is 1.13. The molecule has 1 aromatic rings. The van der Waals surface area contributed by atoms with Crippen LogP contribution in [0.1, 0.15) is 12.8 Å². The minimum absolute atomic E-state index is 1.14. The van der Waals surface area contributed by atoms with Gasteiger partial charge in [-0.1, -0.05) is 12.2 Å². The first kappa shape index (κ1) is 5.71. The fraction of sp³-hybridized carbons (Fsp3) is 0.375. The lowest BCUT2D eigenvalue weighted by atomic mass is 10.2. The molecule has 0 amide bonds. The van der Waals surface area contributed by atoms with Gasteiger partial charge >= 0.3 is 0 Å². The Morgan fingerprint density at radius 1 is 1.40 bits per heavy atom. The number of imidazole rings is 1. The summed E-state index contributed by atoms with van der Waals surface area (Å²) >= 11 is 0. The molecular weight excluding hydrogens is 124 g/mol. The minimum Gasteiger partial charge on any atom is -0.334 e. The third kappa shape index (κ3) is 0.685. The third-order valence-electron chi connectivity index (χ3n) is 1.85. The summed E-state index contributed by atoms with van der Waals surface area (Å²) in [7, 11) is 2.03. The third-order valence-corrected chi connectivity index (χ3v) is 1.85. The average molecular weight is 134 g/mol. The monoisotopic (exact) mass is 134 g/mol. The Labute approximate surface area is 59.5 Å². The van der Waals surface area contributed by atoms with E-state index >= 15 is 0 Å². The highest BCUT2D eigenvalue weighted by Crippen LogP contribution is 1.92. The zero-order valence-corrected chi connectivity index (χ0v) is 6.04. The van der Waals surface area contributed by atoms with Crippen LogP contribution in [0.25, 0.3) is 12.2 Å². The van der Waals surface area contributed by atoms with E-state index in [9.17, 15) is 0 Å². The Morgan fingerprint density at radius 2 is 2.20 bits per heavy atom. The van der Waals surface area contributed by atoms with Gasteiger partial charge in [0.15, 0.2) is 0 Å². The Bertz CT molecular complexity index is 346. The van der Waals surface area contributed by atoms with Crippen LogP contribution < -0.4 is 10.7 Å². The number of fused-ring (bicyclic) bond motifs is 1. The lowest BCUT2D eigenvalue weighted by Gasteiger charge is -1.94. The second-order valence-corrected chi connectivity index (χ2v) is 2.61. The van der Waals surface area contributed by atoms with Crippen molar-refractivity contribution in [2.45, 2.75) is 12.8 Å². The van der Waals surface area contributed by atoms with Crippen molar-refractivity contribution in [3.63, 3.8) is 0 Å². The quantitative estimate of drug-likeness (QED) is 0.479. The summed E-state index contributed by atoms with van der Waals surface area (Å²) < 4.78 is 2.06. The maximum atomic E-state index is 4.23. The standard InChI is InChI=1S/C8H10N2/c1-10-6-9-7-4-2-3-5-8(7)10/h4-6H,2-3H2,1H3. The molecule has 0 radical (unpaired) electrons. The molecule has 0 fully saturated rings. The van der Waals surface area contributed by atoms with Crippen LogP contribution in [-0.4, -0.2) is 9.55 Å². The lowest BCUT2D eigenvalue weighted by Crippen LogP contribution is -2.30. The fourth-order valence-corrected chi connectivity index (χ4v) is 1.30. The fourth-order valence-electron chi connectivity index (χ4n) is 1.30. The van der Waals surface area contributed by atoms with Crippen LogP contribution in [0.15, 0.2) is 6.33 Å². The van der Waals surface area contributed by atoms with E-state index in [-0.39, 0.29) is 0 Å². The summed E-state index contributed by atoms with van der Waals surface area (Å²) in [6.45, 7) is 0.